The third-order valence-electron chi connectivity index (χ3n) is 2.86. The zero-order valence-corrected chi connectivity index (χ0v) is 12.5. The van der Waals surface area contributed by atoms with Gasteiger partial charge in [-0.15, -0.1) is 0 Å². The molecule has 1 amide bonds. The Morgan fingerprint density at radius 1 is 1.58 bits per heavy atom. The maximum Gasteiger partial charge on any atom is 0.224 e. The molecule has 0 aliphatic rings. The number of hydrogen-bond donors (Lipinski definition) is 2. The Morgan fingerprint density at radius 3 is 2.74 bits per heavy atom. The summed E-state index contributed by atoms with van der Waals surface area (Å²) in [6.45, 7) is 4.34. The molecule has 0 radical (unpaired) electrons. The second kappa shape index (κ2) is 6.47. The molecule has 3 N–H and O–H groups in total. The SMILES string of the molecule is CNC(=O)C(C)CN(C)c1cc(C(N)=S)cc(C)n1. The average Bonchev–Trinajstić information content (AvgIpc) is 2.36. The number of nitrogens with two attached hydrogens (primary N) is 1. The minimum atomic E-state index is -0.120. The molecule has 0 saturated heterocycles. The Labute approximate surface area is 119 Å². The number of nitrogens with one attached hydrogen (secondary N) is 1. The standard InChI is InChI=1S/C13H20N4OS/c1-8(13(18)15-3)7-17(4)11-6-10(12(14)19)5-9(2)16-11/h5-6,8H,7H2,1-4H3,(H2,14,19)(H,15,18). The fourth-order valence-electron chi connectivity index (χ4n) is 1.82. The fraction of sp³-hybridized carbons (Fsp3) is 0.462. The monoisotopic (exact) mass is 280 g/mol. The predicted molar refractivity (Wildman–Crippen MR) is 81.4 cm³/mol. The van der Waals surface area contributed by atoms with Gasteiger partial charge in [0.25, 0.3) is 0 Å². The van der Waals surface area contributed by atoms with Gasteiger partial charge >= 0.3 is 0 Å². The summed E-state index contributed by atoms with van der Waals surface area (Å²) < 4.78 is 0. The summed E-state index contributed by atoms with van der Waals surface area (Å²) in [6.07, 6.45) is 0. The Bertz CT molecular complexity index is 490. The molecule has 1 unspecified atom stereocenters. The molecule has 1 rings (SSSR count). The van der Waals surface area contributed by atoms with Gasteiger partial charge in [-0.1, -0.05) is 19.1 Å². The van der Waals surface area contributed by atoms with Crippen LogP contribution in [0, 0.1) is 12.8 Å². The lowest BCUT2D eigenvalue weighted by Gasteiger charge is -2.22. The maximum atomic E-state index is 11.5. The second-order valence-electron chi connectivity index (χ2n) is 4.62. The first-order chi connectivity index (χ1) is 8.85. The largest absolute Gasteiger partial charge is 0.389 e. The van der Waals surface area contributed by atoms with E-state index in [1.54, 1.807) is 7.05 Å². The van der Waals surface area contributed by atoms with E-state index in [0.717, 1.165) is 17.1 Å². The van der Waals surface area contributed by atoms with Crippen molar-refractivity contribution < 1.29 is 4.79 Å². The van der Waals surface area contributed by atoms with Crippen LogP contribution < -0.4 is 16.0 Å². The van der Waals surface area contributed by atoms with Crippen molar-refractivity contribution in [1.29, 1.82) is 0 Å². The number of hydrogen-bond acceptors (Lipinski definition) is 4. The number of nitrogens with zero attached hydrogens (tertiary/aromatic N) is 2. The van der Waals surface area contributed by atoms with Gasteiger partial charge < -0.3 is 16.0 Å². The van der Waals surface area contributed by atoms with Crippen molar-refractivity contribution >= 4 is 28.9 Å². The minimum absolute atomic E-state index is 0.00840. The number of carbonyl (C=O) groups excluding carboxylic acids is 1. The number of amides is 1. The molecule has 1 heterocycles. The molecular formula is C13H20N4OS. The van der Waals surface area contributed by atoms with E-state index in [1.807, 2.05) is 37.9 Å². The molecule has 0 aliphatic carbocycles. The topological polar surface area (TPSA) is 71.2 Å². The summed E-state index contributed by atoms with van der Waals surface area (Å²) in [5, 5.41) is 2.64. The molecule has 1 aromatic heterocycles. The van der Waals surface area contributed by atoms with Crippen LogP contribution in [0.5, 0.6) is 0 Å². The highest BCUT2D eigenvalue weighted by atomic mass is 32.1. The first kappa shape index (κ1) is 15.4. The van der Waals surface area contributed by atoms with E-state index in [4.69, 9.17) is 18.0 Å². The highest BCUT2D eigenvalue weighted by Gasteiger charge is 2.15. The van der Waals surface area contributed by atoms with E-state index in [0.29, 0.717) is 11.5 Å². The van der Waals surface area contributed by atoms with Gasteiger partial charge in [-0.2, -0.15) is 0 Å². The lowest BCUT2D eigenvalue weighted by Crippen LogP contribution is -2.34. The van der Waals surface area contributed by atoms with E-state index >= 15 is 0 Å². The third-order valence-corrected chi connectivity index (χ3v) is 3.09. The maximum absolute atomic E-state index is 11.5. The molecule has 1 atom stereocenters. The molecule has 19 heavy (non-hydrogen) atoms. The lowest BCUT2D eigenvalue weighted by atomic mass is 10.1. The Morgan fingerprint density at radius 2 is 2.21 bits per heavy atom. The van der Waals surface area contributed by atoms with Gasteiger partial charge in [-0.25, -0.2) is 4.98 Å². The van der Waals surface area contributed by atoms with Crippen LogP contribution in [-0.2, 0) is 4.79 Å². The molecule has 5 nitrogen and oxygen atoms in total. The fourth-order valence-corrected chi connectivity index (χ4v) is 1.94. The Hall–Kier alpha value is -1.69. The van der Waals surface area contributed by atoms with Gasteiger partial charge in [0.1, 0.15) is 10.8 Å². The number of thiocarbonyl (C=S) groups is 1. The smallest absolute Gasteiger partial charge is 0.224 e. The number of aromatic nitrogens is 1. The van der Waals surface area contributed by atoms with E-state index in [2.05, 4.69) is 10.3 Å². The molecule has 0 aliphatic heterocycles. The molecule has 0 saturated carbocycles. The summed E-state index contributed by atoms with van der Waals surface area (Å²) >= 11 is 4.98. The van der Waals surface area contributed by atoms with Gasteiger partial charge in [0, 0.05) is 31.9 Å². The molecular weight excluding hydrogens is 260 g/mol. The first-order valence-corrected chi connectivity index (χ1v) is 6.47. The third kappa shape index (κ3) is 4.17. The van der Waals surface area contributed by atoms with Crippen molar-refractivity contribution in [2.45, 2.75) is 13.8 Å². The molecule has 0 fully saturated rings. The van der Waals surface area contributed by atoms with Crippen LogP contribution >= 0.6 is 12.2 Å². The zero-order valence-electron chi connectivity index (χ0n) is 11.7. The van der Waals surface area contributed by atoms with Crippen LogP contribution in [0.25, 0.3) is 0 Å². The highest BCUT2D eigenvalue weighted by molar-refractivity contribution is 7.80. The number of aryl methyl sites for hydroxylation is 1. The number of rotatable bonds is 5. The van der Waals surface area contributed by atoms with Crippen molar-refractivity contribution in [3.63, 3.8) is 0 Å². The quantitative estimate of drug-likeness (QED) is 0.782. The van der Waals surface area contributed by atoms with E-state index in [1.165, 1.54) is 0 Å². The average molecular weight is 280 g/mol. The van der Waals surface area contributed by atoms with Crippen molar-refractivity contribution in [2.75, 3.05) is 25.5 Å². The summed E-state index contributed by atoms with van der Waals surface area (Å²) in [7, 11) is 3.53. The summed E-state index contributed by atoms with van der Waals surface area (Å²) in [4.78, 5) is 18.2. The number of anilines is 1. The highest BCUT2D eigenvalue weighted by Crippen LogP contribution is 2.15. The van der Waals surface area contributed by atoms with Gasteiger partial charge in [-0.05, 0) is 19.1 Å². The first-order valence-electron chi connectivity index (χ1n) is 6.06. The molecule has 6 heteroatoms. The van der Waals surface area contributed by atoms with E-state index in [-0.39, 0.29) is 11.8 Å². The second-order valence-corrected chi connectivity index (χ2v) is 5.06. The molecule has 0 bridgehead atoms. The van der Waals surface area contributed by atoms with Crippen LogP contribution in [0.3, 0.4) is 0 Å². The van der Waals surface area contributed by atoms with Gasteiger partial charge in [0.15, 0.2) is 0 Å². The number of pyridine rings is 1. The lowest BCUT2D eigenvalue weighted by molar-refractivity contribution is -0.123. The van der Waals surface area contributed by atoms with E-state index in [9.17, 15) is 4.79 Å². The normalized spacial score (nSPS) is 11.8. The van der Waals surface area contributed by atoms with Crippen molar-refractivity contribution in [3.8, 4) is 0 Å². The molecule has 1 aromatic rings. The molecule has 104 valence electrons. The minimum Gasteiger partial charge on any atom is -0.389 e. The van der Waals surface area contributed by atoms with E-state index < -0.39 is 0 Å². The summed E-state index contributed by atoms with van der Waals surface area (Å²) in [5.74, 6) is 0.651. The van der Waals surface area contributed by atoms with Crippen LogP contribution in [0.1, 0.15) is 18.2 Å². The molecule has 0 aromatic carbocycles. The van der Waals surface area contributed by atoms with Crippen molar-refractivity contribution in [1.82, 2.24) is 10.3 Å². The van der Waals surface area contributed by atoms with Crippen LogP contribution in [0.2, 0.25) is 0 Å². The van der Waals surface area contributed by atoms with Crippen LogP contribution in [-0.4, -0.2) is 36.5 Å². The van der Waals surface area contributed by atoms with Crippen molar-refractivity contribution in [2.24, 2.45) is 11.7 Å². The van der Waals surface area contributed by atoms with Gasteiger partial charge in [-0.3, -0.25) is 4.79 Å². The van der Waals surface area contributed by atoms with Crippen LogP contribution in [0.15, 0.2) is 12.1 Å². The van der Waals surface area contributed by atoms with Crippen LogP contribution in [0.4, 0.5) is 5.82 Å². The Balaban J connectivity index is 2.90. The van der Waals surface area contributed by atoms with Gasteiger partial charge in [0.05, 0.1) is 5.92 Å². The predicted octanol–water partition coefficient (Wildman–Crippen LogP) is 0.843. The molecule has 0 spiro atoms. The number of carbonyl (C=O) groups is 1. The summed E-state index contributed by atoms with van der Waals surface area (Å²) in [6, 6.07) is 3.69. The summed E-state index contributed by atoms with van der Waals surface area (Å²) in [5.41, 5.74) is 7.28. The Kier molecular flexibility index (Phi) is 5.23. The van der Waals surface area contributed by atoms with Crippen molar-refractivity contribution in [3.05, 3.63) is 23.4 Å². The van der Waals surface area contributed by atoms with Gasteiger partial charge in [0.2, 0.25) is 5.91 Å². The zero-order chi connectivity index (χ0) is 14.6.